The number of nitrogens with zero attached hydrogens (tertiary/aromatic N) is 1. The largest absolute Gasteiger partial charge is 0.453 e. The van der Waals surface area contributed by atoms with Crippen molar-refractivity contribution in [1.29, 1.82) is 0 Å². The molecule has 1 amide bonds. The van der Waals surface area contributed by atoms with Gasteiger partial charge in [-0.25, -0.2) is 4.79 Å². The number of carbonyl (C=O) groups is 2. The van der Waals surface area contributed by atoms with Crippen LogP contribution in [0.2, 0.25) is 5.02 Å². The molecule has 51 heavy (non-hydrogen) atoms. The topological polar surface area (TPSA) is 89.2 Å². The van der Waals surface area contributed by atoms with E-state index in [9.17, 15) is 27.9 Å². The first-order chi connectivity index (χ1) is 24.1. The van der Waals surface area contributed by atoms with Crippen LogP contribution >= 0.6 is 11.6 Å². The molecule has 5 fully saturated rings. The van der Waals surface area contributed by atoms with Crippen LogP contribution in [0.15, 0.2) is 58.6 Å². The van der Waals surface area contributed by atoms with Gasteiger partial charge in [-0.3, -0.25) is 4.79 Å². The summed E-state index contributed by atoms with van der Waals surface area (Å²) >= 11 is 6.37. The molecule has 1 aromatic heterocycles. The van der Waals surface area contributed by atoms with Crippen molar-refractivity contribution in [1.82, 2.24) is 4.90 Å². The summed E-state index contributed by atoms with van der Waals surface area (Å²) in [5.74, 6) is -0.140. The molecule has 2 bridgehead atoms. The van der Waals surface area contributed by atoms with Gasteiger partial charge in [-0.15, -0.1) is 0 Å². The number of hydrogen-bond donors (Lipinski definition) is 1. The SMILES string of the molecule is C[C@]12CC[C@H]3[C@@]4(C=C[C@@]5(C=C4C(=O)c4ccc(-c6cc(C(F)(F)F)ccc6Cl)o4)C[C@@H](O)CC[C@]35C)[C@@H]1CC[C@@]21CN(C[C@H]2CCCO2)C(=O)O1. The number of ether oxygens (including phenoxy) is 2. The quantitative estimate of drug-likeness (QED) is 0.245. The molecular weight excluding hydrogens is 683 g/mol. The van der Waals surface area contributed by atoms with E-state index in [1.807, 2.05) is 4.90 Å². The molecule has 0 radical (unpaired) electrons. The molecule has 3 saturated carbocycles. The van der Waals surface area contributed by atoms with E-state index in [0.29, 0.717) is 44.5 Å². The van der Waals surface area contributed by atoms with Gasteiger partial charge in [0.05, 0.1) is 35.9 Å². The lowest BCUT2D eigenvalue weighted by atomic mass is 9.32. The lowest BCUT2D eigenvalue weighted by Gasteiger charge is -2.71. The molecule has 272 valence electrons. The van der Waals surface area contributed by atoms with Crippen molar-refractivity contribution in [3.63, 3.8) is 0 Å². The number of Topliss-reactive ketones (excluding diaryl/α,β-unsaturated/α-hetero) is 1. The third kappa shape index (κ3) is 4.51. The van der Waals surface area contributed by atoms with Gasteiger partial charge >= 0.3 is 12.3 Å². The number of ketones is 1. The molecule has 1 N–H and O–H groups in total. The molecule has 2 saturated heterocycles. The van der Waals surface area contributed by atoms with E-state index in [4.69, 9.17) is 25.5 Å². The summed E-state index contributed by atoms with van der Waals surface area (Å²) in [5, 5.41) is 11.1. The fourth-order valence-electron chi connectivity index (χ4n) is 12.2. The summed E-state index contributed by atoms with van der Waals surface area (Å²) in [6.07, 6.45) is 8.28. The molecular formula is C40H43ClF3NO6. The van der Waals surface area contributed by atoms with Gasteiger partial charge in [0.1, 0.15) is 11.4 Å². The second-order valence-corrected chi connectivity index (χ2v) is 17.2. The lowest BCUT2D eigenvalue weighted by molar-refractivity contribution is -0.164. The van der Waals surface area contributed by atoms with Gasteiger partial charge in [-0.2, -0.15) is 13.2 Å². The molecule has 0 unspecified atom stereocenters. The average Bonchev–Trinajstić information content (AvgIpc) is 3.89. The van der Waals surface area contributed by atoms with E-state index in [1.165, 1.54) is 18.2 Å². The maximum absolute atomic E-state index is 15.0. The van der Waals surface area contributed by atoms with Gasteiger partial charge in [-0.05, 0) is 105 Å². The number of aliphatic hydroxyl groups is 1. The number of aliphatic hydroxyl groups excluding tert-OH is 1. The van der Waals surface area contributed by atoms with Crippen LogP contribution in [-0.2, 0) is 15.7 Å². The summed E-state index contributed by atoms with van der Waals surface area (Å²) in [6, 6.07) is 6.08. The monoisotopic (exact) mass is 725 g/mol. The lowest BCUT2D eigenvalue weighted by Crippen LogP contribution is -2.67. The third-order valence-corrected chi connectivity index (χ3v) is 15.1. The van der Waals surface area contributed by atoms with Gasteiger partial charge in [0.15, 0.2) is 5.76 Å². The van der Waals surface area contributed by atoms with Crippen molar-refractivity contribution in [2.24, 2.45) is 33.5 Å². The van der Waals surface area contributed by atoms with Crippen LogP contribution in [-0.4, -0.2) is 59.4 Å². The number of amides is 1. The molecule has 10 rings (SSSR count). The van der Waals surface area contributed by atoms with Crippen LogP contribution in [0.3, 0.4) is 0 Å². The van der Waals surface area contributed by atoms with Crippen molar-refractivity contribution >= 4 is 23.5 Å². The first kappa shape index (κ1) is 33.7. The number of carbonyl (C=O) groups excluding carboxylic acids is 2. The Morgan fingerprint density at radius 2 is 1.78 bits per heavy atom. The number of fused-ring (bicyclic) bond motifs is 2. The van der Waals surface area contributed by atoms with E-state index in [2.05, 4.69) is 32.1 Å². The second-order valence-electron chi connectivity index (χ2n) is 16.8. The highest BCUT2D eigenvalue weighted by Crippen LogP contribution is 2.79. The summed E-state index contributed by atoms with van der Waals surface area (Å²) in [4.78, 5) is 30.3. The smallest absolute Gasteiger partial charge is 0.416 e. The first-order valence-corrected chi connectivity index (χ1v) is 18.8. The number of rotatable bonds is 5. The van der Waals surface area contributed by atoms with Crippen molar-refractivity contribution < 1.29 is 41.8 Å². The Labute approximate surface area is 300 Å². The summed E-state index contributed by atoms with van der Waals surface area (Å²) < 4.78 is 59.3. The summed E-state index contributed by atoms with van der Waals surface area (Å²) in [6.45, 7) is 6.28. The van der Waals surface area contributed by atoms with Crippen molar-refractivity contribution in [3.8, 4) is 11.3 Å². The normalized spacial score (nSPS) is 41.0. The average molecular weight is 726 g/mol. The van der Waals surface area contributed by atoms with Crippen molar-refractivity contribution in [2.45, 2.75) is 95.6 Å². The molecule has 9 atom stereocenters. The van der Waals surface area contributed by atoms with Gasteiger partial charge in [0.2, 0.25) is 5.78 Å². The van der Waals surface area contributed by atoms with E-state index >= 15 is 0 Å². The fraction of sp³-hybridized carbons (Fsp3) is 0.600. The van der Waals surface area contributed by atoms with Crippen LogP contribution < -0.4 is 0 Å². The third-order valence-electron chi connectivity index (χ3n) is 14.7. The van der Waals surface area contributed by atoms with Gasteiger partial charge in [0.25, 0.3) is 0 Å². The zero-order valence-electron chi connectivity index (χ0n) is 28.9. The number of benzene rings is 1. The molecule has 2 aliphatic heterocycles. The number of hydrogen-bond acceptors (Lipinski definition) is 6. The van der Waals surface area contributed by atoms with Gasteiger partial charge < -0.3 is 23.9 Å². The van der Waals surface area contributed by atoms with E-state index in [1.54, 1.807) is 0 Å². The maximum atomic E-state index is 15.0. The summed E-state index contributed by atoms with van der Waals surface area (Å²) in [7, 11) is 0. The van der Waals surface area contributed by atoms with Gasteiger partial charge in [0, 0.05) is 34.0 Å². The molecule has 3 spiro atoms. The van der Waals surface area contributed by atoms with Crippen LogP contribution in [0.25, 0.3) is 11.3 Å². The van der Waals surface area contributed by atoms with E-state index in [-0.39, 0.29) is 57.3 Å². The number of allylic oxidation sites excluding steroid dienone is 4. The van der Waals surface area contributed by atoms with Crippen LogP contribution in [0, 0.1) is 33.5 Å². The Morgan fingerprint density at radius 1 is 1.02 bits per heavy atom. The minimum Gasteiger partial charge on any atom is -0.453 e. The Kier molecular flexibility index (Phi) is 7.26. The van der Waals surface area contributed by atoms with Crippen LogP contribution in [0.5, 0.6) is 0 Å². The Hall–Kier alpha value is -3.08. The van der Waals surface area contributed by atoms with Crippen molar-refractivity contribution in [2.75, 3.05) is 19.7 Å². The highest BCUT2D eigenvalue weighted by molar-refractivity contribution is 6.33. The number of furan rings is 1. The van der Waals surface area contributed by atoms with E-state index in [0.717, 1.165) is 50.7 Å². The number of alkyl halides is 3. The second kappa shape index (κ2) is 11.0. The van der Waals surface area contributed by atoms with Crippen LogP contribution in [0.1, 0.15) is 87.8 Å². The van der Waals surface area contributed by atoms with Crippen LogP contribution in [0.4, 0.5) is 18.0 Å². The molecule has 1 aromatic carbocycles. The Bertz CT molecular complexity index is 1880. The minimum atomic E-state index is -4.57. The standard InChI is InChI=1S/C40H43ClF3NO6/c1-35-12-9-24(46)19-37(35)15-16-39(27(20-37)33(47)30-8-7-29(50-30)26-18-23(40(42,43)44)5-6-28(26)41)31(35)10-13-36(2)32(39)11-14-38(36)22-45(34(48)51-38)21-25-4-3-17-49-25/h5-8,15-16,18,20,24-25,31-32,46H,3-4,9-14,17,19,21-22H2,1-2H3/t24-,25+,31+,32+,35+,36-,37-,38+,39-/m0/s1. The predicted molar refractivity (Wildman–Crippen MR) is 182 cm³/mol. The minimum absolute atomic E-state index is 0.0116. The van der Waals surface area contributed by atoms with E-state index < -0.39 is 39.7 Å². The molecule has 7 nitrogen and oxygen atoms in total. The predicted octanol–water partition coefficient (Wildman–Crippen LogP) is 9.03. The first-order valence-electron chi connectivity index (χ1n) is 18.4. The zero-order valence-corrected chi connectivity index (χ0v) is 29.6. The fourth-order valence-corrected chi connectivity index (χ4v) is 12.4. The molecule has 2 aromatic rings. The Balaban J connectivity index is 1.12. The molecule has 8 aliphatic rings. The molecule has 11 heteroatoms. The van der Waals surface area contributed by atoms with Gasteiger partial charge in [-0.1, -0.05) is 43.7 Å². The molecule has 3 heterocycles. The molecule has 6 aliphatic carbocycles. The Morgan fingerprint density at radius 3 is 2.55 bits per heavy atom. The maximum Gasteiger partial charge on any atom is 0.416 e. The summed E-state index contributed by atoms with van der Waals surface area (Å²) in [5.41, 5.74) is -2.77. The highest BCUT2D eigenvalue weighted by Gasteiger charge is 2.76. The van der Waals surface area contributed by atoms with Crippen molar-refractivity contribution in [3.05, 3.63) is 70.5 Å². The highest BCUT2D eigenvalue weighted by atomic mass is 35.5. The zero-order chi connectivity index (χ0) is 35.8. The number of halogens is 4.